The second kappa shape index (κ2) is 5.52. The van der Waals surface area contributed by atoms with Gasteiger partial charge in [-0.15, -0.1) is 5.10 Å². The Balaban J connectivity index is 1.54. The van der Waals surface area contributed by atoms with E-state index in [0.29, 0.717) is 30.2 Å². The first-order valence-electron chi connectivity index (χ1n) is 7.47. The average Bonchev–Trinajstić information content (AvgIpc) is 3.21. The highest BCUT2D eigenvalue weighted by Crippen LogP contribution is 2.36. The largest absolute Gasteiger partial charge is 0.481 e. The van der Waals surface area contributed by atoms with Crippen molar-refractivity contribution in [2.24, 2.45) is 0 Å². The van der Waals surface area contributed by atoms with Crippen LogP contribution in [-0.4, -0.2) is 53.3 Å². The van der Waals surface area contributed by atoms with E-state index < -0.39 is 6.09 Å². The number of carbonyl (C=O) groups excluding carboxylic acids is 2. The molecule has 124 valence electrons. The number of hydrogen-bond acceptors (Lipinski definition) is 6. The van der Waals surface area contributed by atoms with Gasteiger partial charge in [-0.1, -0.05) is 5.21 Å². The number of aromatic nitrogens is 3. The van der Waals surface area contributed by atoms with Gasteiger partial charge in [0.05, 0.1) is 30.7 Å². The summed E-state index contributed by atoms with van der Waals surface area (Å²) in [7, 11) is 1.70. The molecule has 2 aliphatic heterocycles. The molecule has 1 fully saturated rings. The second-order valence-electron chi connectivity index (χ2n) is 5.63. The SMILES string of the molecule is CN1C(=O)COc2cc(N3C[C@H](Cn4ccnn4)OC3=O)ccc21. The van der Waals surface area contributed by atoms with Crippen LogP contribution in [0.15, 0.2) is 30.6 Å². The number of hydrogen-bond donors (Lipinski definition) is 0. The lowest BCUT2D eigenvalue weighted by Gasteiger charge is -2.27. The van der Waals surface area contributed by atoms with Gasteiger partial charge >= 0.3 is 6.09 Å². The number of likely N-dealkylation sites (N-methyl/N-ethyl adjacent to an activating group) is 1. The summed E-state index contributed by atoms with van der Waals surface area (Å²) in [6.45, 7) is 0.847. The molecule has 0 saturated carbocycles. The third-order valence-corrected chi connectivity index (χ3v) is 4.08. The van der Waals surface area contributed by atoms with Crippen molar-refractivity contribution < 1.29 is 19.1 Å². The first-order chi connectivity index (χ1) is 11.6. The number of rotatable bonds is 3. The molecule has 3 heterocycles. The number of amides is 2. The average molecular weight is 329 g/mol. The van der Waals surface area contributed by atoms with Crippen molar-refractivity contribution in [2.45, 2.75) is 12.6 Å². The number of nitrogens with zero attached hydrogens (tertiary/aromatic N) is 5. The molecule has 2 aliphatic rings. The van der Waals surface area contributed by atoms with Crippen LogP contribution in [0.1, 0.15) is 0 Å². The van der Waals surface area contributed by atoms with Crippen LogP contribution in [0.5, 0.6) is 5.75 Å². The van der Waals surface area contributed by atoms with Gasteiger partial charge in [-0.2, -0.15) is 0 Å². The second-order valence-corrected chi connectivity index (χ2v) is 5.63. The maximum absolute atomic E-state index is 12.2. The lowest BCUT2D eigenvalue weighted by atomic mass is 10.2. The molecule has 1 aromatic carbocycles. The van der Waals surface area contributed by atoms with Gasteiger partial charge in [0.2, 0.25) is 0 Å². The highest BCUT2D eigenvalue weighted by Gasteiger charge is 2.34. The van der Waals surface area contributed by atoms with Crippen LogP contribution in [0, 0.1) is 0 Å². The van der Waals surface area contributed by atoms with Crippen LogP contribution >= 0.6 is 0 Å². The summed E-state index contributed by atoms with van der Waals surface area (Å²) in [4.78, 5) is 26.9. The van der Waals surface area contributed by atoms with Gasteiger partial charge in [-0.25, -0.2) is 9.48 Å². The van der Waals surface area contributed by atoms with E-state index >= 15 is 0 Å². The van der Waals surface area contributed by atoms with E-state index in [1.165, 1.54) is 0 Å². The summed E-state index contributed by atoms with van der Waals surface area (Å²) in [6, 6.07) is 5.29. The van der Waals surface area contributed by atoms with Gasteiger partial charge in [-0.3, -0.25) is 9.69 Å². The fourth-order valence-electron chi connectivity index (χ4n) is 2.80. The summed E-state index contributed by atoms with van der Waals surface area (Å²) in [5, 5.41) is 7.61. The summed E-state index contributed by atoms with van der Waals surface area (Å²) >= 11 is 0. The van der Waals surface area contributed by atoms with Crippen LogP contribution in [0.25, 0.3) is 0 Å². The number of cyclic esters (lactones) is 1. The number of carbonyl (C=O) groups is 2. The fraction of sp³-hybridized carbons (Fsp3) is 0.333. The van der Waals surface area contributed by atoms with Crippen molar-refractivity contribution in [3.8, 4) is 5.75 Å². The van der Waals surface area contributed by atoms with Crippen molar-refractivity contribution in [3.63, 3.8) is 0 Å². The smallest absolute Gasteiger partial charge is 0.414 e. The van der Waals surface area contributed by atoms with Crippen LogP contribution in [-0.2, 0) is 16.1 Å². The van der Waals surface area contributed by atoms with Gasteiger partial charge in [0, 0.05) is 19.3 Å². The summed E-state index contributed by atoms with van der Waals surface area (Å²) in [5.41, 5.74) is 1.35. The minimum Gasteiger partial charge on any atom is -0.481 e. The molecule has 9 heteroatoms. The number of benzene rings is 1. The molecule has 9 nitrogen and oxygen atoms in total. The Labute approximate surface area is 137 Å². The number of anilines is 2. The molecule has 0 unspecified atom stereocenters. The third-order valence-electron chi connectivity index (χ3n) is 4.08. The molecular weight excluding hydrogens is 314 g/mol. The van der Waals surface area contributed by atoms with Crippen molar-refractivity contribution in [1.29, 1.82) is 0 Å². The van der Waals surface area contributed by atoms with E-state index in [1.54, 1.807) is 52.1 Å². The van der Waals surface area contributed by atoms with E-state index in [-0.39, 0.29) is 18.6 Å². The fourth-order valence-corrected chi connectivity index (χ4v) is 2.80. The van der Waals surface area contributed by atoms with Crippen molar-refractivity contribution in [3.05, 3.63) is 30.6 Å². The Morgan fingerprint density at radius 3 is 3.00 bits per heavy atom. The van der Waals surface area contributed by atoms with Crippen LogP contribution in [0.3, 0.4) is 0 Å². The maximum Gasteiger partial charge on any atom is 0.414 e. The van der Waals surface area contributed by atoms with Gasteiger partial charge in [-0.05, 0) is 12.1 Å². The number of ether oxygens (including phenoxy) is 2. The Morgan fingerprint density at radius 2 is 2.21 bits per heavy atom. The lowest BCUT2D eigenvalue weighted by molar-refractivity contribution is -0.120. The van der Waals surface area contributed by atoms with Gasteiger partial charge in [0.25, 0.3) is 5.91 Å². The Hall–Kier alpha value is -3.10. The Bertz CT molecular complexity index is 791. The summed E-state index contributed by atoms with van der Waals surface area (Å²) in [5.74, 6) is 0.464. The third kappa shape index (κ3) is 2.43. The van der Waals surface area contributed by atoms with Crippen molar-refractivity contribution >= 4 is 23.4 Å². The zero-order valence-electron chi connectivity index (χ0n) is 13.0. The first kappa shape index (κ1) is 14.5. The standard InChI is InChI=1S/C15H15N5O4/c1-18-12-3-2-10(6-13(12)23-9-14(18)21)20-8-11(24-15(20)22)7-19-5-4-16-17-19/h2-6,11H,7-9H2,1H3/t11-/m0/s1. The lowest BCUT2D eigenvalue weighted by Crippen LogP contribution is -2.35. The first-order valence-corrected chi connectivity index (χ1v) is 7.47. The van der Waals surface area contributed by atoms with Crippen LogP contribution in [0.2, 0.25) is 0 Å². The van der Waals surface area contributed by atoms with E-state index in [9.17, 15) is 9.59 Å². The molecule has 1 aromatic heterocycles. The topological polar surface area (TPSA) is 89.8 Å². The van der Waals surface area contributed by atoms with Crippen LogP contribution in [0.4, 0.5) is 16.2 Å². The Kier molecular flexibility index (Phi) is 3.33. The molecule has 1 atom stereocenters. The molecule has 4 rings (SSSR count). The van der Waals surface area contributed by atoms with E-state index in [0.717, 1.165) is 0 Å². The van der Waals surface area contributed by atoms with Crippen LogP contribution < -0.4 is 14.5 Å². The predicted molar refractivity (Wildman–Crippen MR) is 83.0 cm³/mol. The number of fused-ring (bicyclic) bond motifs is 1. The normalized spacial score (nSPS) is 20.0. The molecule has 2 amide bonds. The molecule has 1 saturated heterocycles. The molecule has 0 N–H and O–H groups in total. The van der Waals surface area contributed by atoms with Crippen molar-refractivity contribution in [2.75, 3.05) is 30.0 Å². The molecule has 0 spiro atoms. The summed E-state index contributed by atoms with van der Waals surface area (Å²) in [6.07, 6.45) is 2.57. The molecule has 2 aromatic rings. The van der Waals surface area contributed by atoms with E-state index in [4.69, 9.17) is 9.47 Å². The zero-order chi connectivity index (χ0) is 16.7. The van der Waals surface area contributed by atoms with Gasteiger partial charge in [0.15, 0.2) is 6.61 Å². The molecule has 24 heavy (non-hydrogen) atoms. The quantitative estimate of drug-likeness (QED) is 0.822. The minimum absolute atomic E-state index is 0.00762. The van der Waals surface area contributed by atoms with Gasteiger partial charge < -0.3 is 14.4 Å². The summed E-state index contributed by atoms with van der Waals surface area (Å²) < 4.78 is 12.5. The Morgan fingerprint density at radius 1 is 1.33 bits per heavy atom. The molecule has 0 radical (unpaired) electrons. The molecular formula is C15H15N5O4. The molecule has 0 bridgehead atoms. The minimum atomic E-state index is -0.416. The maximum atomic E-state index is 12.2. The predicted octanol–water partition coefficient (Wildman–Crippen LogP) is 0.659. The van der Waals surface area contributed by atoms with E-state index in [2.05, 4.69) is 10.3 Å². The highest BCUT2D eigenvalue weighted by molar-refractivity contribution is 5.98. The zero-order valence-corrected chi connectivity index (χ0v) is 13.0. The van der Waals surface area contributed by atoms with Crippen molar-refractivity contribution in [1.82, 2.24) is 15.0 Å². The van der Waals surface area contributed by atoms with Gasteiger partial charge in [0.1, 0.15) is 11.9 Å². The van der Waals surface area contributed by atoms with E-state index in [1.807, 2.05) is 0 Å². The monoisotopic (exact) mass is 329 g/mol. The highest BCUT2D eigenvalue weighted by atomic mass is 16.6. The molecule has 0 aliphatic carbocycles.